The van der Waals surface area contributed by atoms with Gasteiger partial charge in [-0.1, -0.05) is 17.7 Å². The third kappa shape index (κ3) is 4.56. The molecule has 10 heteroatoms. The molecule has 1 amide bonds. The molecule has 1 atom stereocenters. The van der Waals surface area contributed by atoms with Gasteiger partial charge in [-0.15, -0.1) is 11.5 Å². The first-order valence-corrected chi connectivity index (χ1v) is 12.0. The molecule has 0 aromatic carbocycles. The molecular formula is C27H26FN7O2. The summed E-state index contributed by atoms with van der Waals surface area (Å²) in [7, 11) is 0. The average molecular weight is 500 g/mol. The van der Waals surface area contributed by atoms with E-state index >= 15 is 0 Å². The summed E-state index contributed by atoms with van der Waals surface area (Å²) in [5.74, 6) is 2.63. The summed E-state index contributed by atoms with van der Waals surface area (Å²) >= 11 is 0. The number of hydrogen-bond acceptors (Lipinski definition) is 6. The fourth-order valence-electron chi connectivity index (χ4n) is 4.69. The molecule has 1 aliphatic rings. The number of pyridine rings is 2. The number of nitrogens with zero attached hydrogens (tertiary/aromatic N) is 7. The third-order valence-corrected chi connectivity index (χ3v) is 6.68. The predicted molar refractivity (Wildman–Crippen MR) is 135 cm³/mol. The van der Waals surface area contributed by atoms with E-state index in [1.807, 2.05) is 30.7 Å². The van der Waals surface area contributed by atoms with Crippen LogP contribution in [0.25, 0.3) is 16.9 Å². The Labute approximate surface area is 213 Å². The van der Waals surface area contributed by atoms with E-state index in [-0.39, 0.29) is 11.9 Å². The highest BCUT2D eigenvalue weighted by atomic mass is 19.1. The maximum atomic E-state index is 13.4. The molecule has 1 unspecified atom stereocenters. The predicted octanol–water partition coefficient (Wildman–Crippen LogP) is 3.91. The number of imidazole rings is 1. The van der Waals surface area contributed by atoms with Crippen LogP contribution in [0.2, 0.25) is 0 Å². The summed E-state index contributed by atoms with van der Waals surface area (Å²) in [6.45, 7) is 8.67. The van der Waals surface area contributed by atoms with Gasteiger partial charge in [0.2, 0.25) is 11.8 Å². The van der Waals surface area contributed by atoms with Gasteiger partial charge in [-0.3, -0.25) is 14.2 Å². The maximum absolute atomic E-state index is 13.4. The van der Waals surface area contributed by atoms with Crippen molar-refractivity contribution in [2.24, 2.45) is 0 Å². The lowest BCUT2D eigenvalue weighted by molar-refractivity contribution is -0.127. The summed E-state index contributed by atoms with van der Waals surface area (Å²) in [6, 6.07) is 6.81. The van der Waals surface area contributed by atoms with Crippen LogP contribution in [0, 0.1) is 25.1 Å². The van der Waals surface area contributed by atoms with E-state index in [1.165, 1.54) is 12.1 Å². The van der Waals surface area contributed by atoms with Crippen molar-refractivity contribution in [2.75, 3.05) is 13.1 Å². The molecule has 0 radical (unpaired) electrons. The summed E-state index contributed by atoms with van der Waals surface area (Å²) in [5, 5.41) is 8.93. The second-order valence-electron chi connectivity index (χ2n) is 8.95. The van der Waals surface area contributed by atoms with Gasteiger partial charge in [0.05, 0.1) is 29.8 Å². The normalized spacial score (nSPS) is 14.9. The van der Waals surface area contributed by atoms with Gasteiger partial charge in [0.25, 0.3) is 0 Å². The van der Waals surface area contributed by atoms with Crippen LogP contribution < -0.4 is 4.74 Å². The summed E-state index contributed by atoms with van der Waals surface area (Å²) in [6.07, 6.45) is 10.9. The first-order chi connectivity index (χ1) is 17.9. The van der Waals surface area contributed by atoms with Crippen LogP contribution in [-0.2, 0) is 4.79 Å². The lowest BCUT2D eigenvalue weighted by Gasteiger charge is -2.31. The summed E-state index contributed by atoms with van der Waals surface area (Å²) in [4.78, 5) is 22.3. The van der Waals surface area contributed by atoms with Gasteiger partial charge in [0.15, 0.2) is 0 Å². The Morgan fingerprint density at radius 2 is 2.05 bits per heavy atom. The molecule has 5 rings (SSSR count). The van der Waals surface area contributed by atoms with Crippen LogP contribution in [0.15, 0.2) is 49.3 Å². The van der Waals surface area contributed by atoms with E-state index in [1.54, 1.807) is 21.6 Å². The first kappa shape index (κ1) is 24.2. The minimum absolute atomic E-state index is 0.0496. The first-order valence-electron chi connectivity index (χ1n) is 12.0. The quantitative estimate of drug-likeness (QED) is 0.295. The number of fused-ring (bicyclic) bond motifs is 1. The topological polar surface area (TPSA) is 90.4 Å². The van der Waals surface area contributed by atoms with Crippen molar-refractivity contribution in [1.82, 2.24) is 34.3 Å². The standard InChI is InChI=1S/C27H26FN7O2/c1-5-21-16-30-24-13-19(14-26(34(21)24)37-18(4)23-8-7-20(28)15-29-23)27-17(3)35(32-31-27)22-9-11-33(12-10-22)25(36)6-2/h1,6-8,13-16,18,22H,2,9-12H2,3-4H3. The molecule has 4 aromatic heterocycles. The molecule has 188 valence electrons. The van der Waals surface area contributed by atoms with Crippen LogP contribution >= 0.6 is 0 Å². The Kier molecular flexibility index (Phi) is 6.44. The molecule has 0 aliphatic carbocycles. The van der Waals surface area contributed by atoms with E-state index < -0.39 is 11.9 Å². The summed E-state index contributed by atoms with van der Waals surface area (Å²) < 4.78 is 23.3. The summed E-state index contributed by atoms with van der Waals surface area (Å²) in [5.41, 5.74) is 4.10. The molecular weight excluding hydrogens is 473 g/mol. The molecule has 1 aliphatic heterocycles. The number of piperidine rings is 1. The number of hydrogen-bond donors (Lipinski definition) is 0. The zero-order valence-electron chi connectivity index (χ0n) is 20.6. The molecule has 0 spiro atoms. The number of carbonyl (C=O) groups excluding carboxylic acids is 1. The number of carbonyl (C=O) groups is 1. The van der Waals surface area contributed by atoms with Crippen LogP contribution in [-0.4, -0.2) is 53.3 Å². The highest BCUT2D eigenvalue weighted by Gasteiger charge is 2.26. The van der Waals surface area contributed by atoms with E-state index in [0.717, 1.165) is 30.3 Å². The molecule has 4 aromatic rings. The third-order valence-electron chi connectivity index (χ3n) is 6.68. The van der Waals surface area contributed by atoms with Crippen molar-refractivity contribution in [1.29, 1.82) is 0 Å². The number of terminal acetylenes is 1. The molecule has 0 saturated carbocycles. The van der Waals surface area contributed by atoms with Crippen molar-refractivity contribution >= 4 is 11.6 Å². The Hall–Kier alpha value is -4.52. The Balaban J connectivity index is 1.47. The van der Waals surface area contributed by atoms with Crippen molar-refractivity contribution in [3.8, 4) is 29.5 Å². The molecule has 0 N–H and O–H groups in total. The van der Waals surface area contributed by atoms with E-state index in [0.29, 0.717) is 41.7 Å². The molecule has 1 saturated heterocycles. The second kappa shape index (κ2) is 9.85. The lowest BCUT2D eigenvalue weighted by Crippen LogP contribution is -2.38. The maximum Gasteiger partial charge on any atom is 0.245 e. The fourth-order valence-corrected chi connectivity index (χ4v) is 4.69. The molecule has 37 heavy (non-hydrogen) atoms. The SMILES string of the molecule is C#Cc1cnc2cc(-c3nnn(C4CCN(C(=O)C=C)CC4)c3C)cc(OC(C)c3ccc(F)cn3)n12. The van der Waals surface area contributed by atoms with Gasteiger partial charge < -0.3 is 9.64 Å². The largest absolute Gasteiger partial charge is 0.469 e. The zero-order valence-corrected chi connectivity index (χ0v) is 20.6. The van der Waals surface area contributed by atoms with Crippen molar-refractivity contribution < 1.29 is 13.9 Å². The zero-order chi connectivity index (χ0) is 26.1. The van der Waals surface area contributed by atoms with Crippen molar-refractivity contribution in [3.63, 3.8) is 0 Å². The van der Waals surface area contributed by atoms with Gasteiger partial charge in [0.1, 0.15) is 29.0 Å². The van der Waals surface area contributed by atoms with Crippen LogP contribution in [0.3, 0.4) is 0 Å². The molecule has 9 nitrogen and oxygen atoms in total. The van der Waals surface area contributed by atoms with Gasteiger partial charge in [-0.25, -0.2) is 14.1 Å². The minimum Gasteiger partial charge on any atom is -0.469 e. The van der Waals surface area contributed by atoms with E-state index in [2.05, 4.69) is 32.8 Å². The van der Waals surface area contributed by atoms with Crippen LogP contribution in [0.4, 0.5) is 4.39 Å². The van der Waals surface area contributed by atoms with E-state index in [9.17, 15) is 9.18 Å². The van der Waals surface area contributed by atoms with E-state index in [4.69, 9.17) is 11.2 Å². The Bertz CT molecular complexity index is 1510. The van der Waals surface area contributed by atoms with Crippen molar-refractivity contribution in [2.45, 2.75) is 38.8 Å². The molecule has 0 bridgehead atoms. The number of halogens is 1. The van der Waals surface area contributed by atoms with Crippen molar-refractivity contribution in [3.05, 3.63) is 72.2 Å². The van der Waals surface area contributed by atoms with Gasteiger partial charge in [0, 0.05) is 24.7 Å². The molecule has 5 heterocycles. The van der Waals surface area contributed by atoms with Gasteiger partial charge in [-0.2, -0.15) is 0 Å². The monoisotopic (exact) mass is 499 g/mol. The number of aromatic nitrogens is 6. The highest BCUT2D eigenvalue weighted by Crippen LogP contribution is 2.32. The minimum atomic E-state index is -0.479. The molecule has 1 fully saturated rings. The van der Waals surface area contributed by atoms with Crippen LogP contribution in [0.5, 0.6) is 5.88 Å². The number of ether oxygens (including phenoxy) is 1. The number of rotatable bonds is 6. The number of amides is 1. The fraction of sp³-hybridized carbons (Fsp3) is 0.296. The Morgan fingerprint density at radius 1 is 1.27 bits per heavy atom. The lowest BCUT2D eigenvalue weighted by atomic mass is 10.0. The van der Waals surface area contributed by atoms with Gasteiger partial charge >= 0.3 is 0 Å². The second-order valence-corrected chi connectivity index (χ2v) is 8.95. The van der Waals surface area contributed by atoms with Gasteiger partial charge in [-0.05, 0) is 51.0 Å². The highest BCUT2D eigenvalue weighted by molar-refractivity contribution is 5.87. The van der Waals surface area contributed by atoms with Crippen LogP contribution in [0.1, 0.15) is 49.0 Å². The average Bonchev–Trinajstić information content (AvgIpc) is 3.52. The number of likely N-dealkylation sites (tertiary alicyclic amines) is 1. The Morgan fingerprint density at radius 3 is 2.73 bits per heavy atom. The smallest absolute Gasteiger partial charge is 0.245 e.